The minimum atomic E-state index is -1.37. The van der Waals surface area contributed by atoms with Crippen LogP contribution < -0.4 is 0 Å². The molecule has 1 heterocycles. The summed E-state index contributed by atoms with van der Waals surface area (Å²) in [6, 6.07) is 3.43. The Morgan fingerprint density at radius 1 is 1.17 bits per heavy atom. The molecule has 6 heteroatoms. The number of carboxylic acids is 1. The van der Waals surface area contributed by atoms with Gasteiger partial charge in [-0.1, -0.05) is 0 Å². The molecule has 2 aromatic rings. The molecular formula is C12H6F3NO2. The van der Waals surface area contributed by atoms with Crippen LogP contribution in [-0.4, -0.2) is 16.1 Å². The third-order valence-corrected chi connectivity index (χ3v) is 2.28. The Hall–Kier alpha value is -2.37. The summed E-state index contributed by atoms with van der Waals surface area (Å²) in [7, 11) is 0. The normalized spacial score (nSPS) is 10.4. The molecule has 2 rings (SSSR count). The average molecular weight is 253 g/mol. The number of aromatic carboxylic acids is 1. The third kappa shape index (κ3) is 2.04. The number of hydrogen-bond acceptors (Lipinski definition) is 2. The highest BCUT2D eigenvalue weighted by Crippen LogP contribution is 2.27. The molecule has 0 aliphatic carbocycles. The molecule has 0 saturated carbocycles. The first-order chi connectivity index (χ1) is 8.50. The van der Waals surface area contributed by atoms with E-state index in [9.17, 15) is 18.0 Å². The predicted molar refractivity (Wildman–Crippen MR) is 56.5 cm³/mol. The molecule has 0 radical (unpaired) electrons. The van der Waals surface area contributed by atoms with Crippen LogP contribution in [0.15, 0.2) is 30.5 Å². The molecule has 1 aromatic heterocycles. The van der Waals surface area contributed by atoms with Crippen LogP contribution in [-0.2, 0) is 0 Å². The first kappa shape index (κ1) is 12.1. The van der Waals surface area contributed by atoms with Crippen LogP contribution in [0.5, 0.6) is 0 Å². The van der Waals surface area contributed by atoms with Gasteiger partial charge in [0, 0.05) is 18.3 Å². The summed E-state index contributed by atoms with van der Waals surface area (Å²) in [5.74, 6) is -4.86. The van der Waals surface area contributed by atoms with E-state index in [-0.39, 0.29) is 11.3 Å². The fraction of sp³-hybridized carbons (Fsp3) is 0. The molecule has 1 N–H and O–H groups in total. The molecule has 92 valence electrons. The number of nitrogens with zero attached hydrogens (tertiary/aromatic N) is 1. The molecule has 0 amide bonds. The van der Waals surface area contributed by atoms with Crippen molar-refractivity contribution in [1.29, 1.82) is 0 Å². The smallest absolute Gasteiger partial charge is 0.337 e. The monoisotopic (exact) mass is 253 g/mol. The van der Waals surface area contributed by atoms with Crippen molar-refractivity contribution in [2.45, 2.75) is 0 Å². The maximum absolute atomic E-state index is 13.5. The zero-order valence-electron chi connectivity index (χ0n) is 8.82. The van der Waals surface area contributed by atoms with E-state index in [2.05, 4.69) is 4.98 Å². The predicted octanol–water partition coefficient (Wildman–Crippen LogP) is 2.86. The quantitative estimate of drug-likeness (QED) is 0.895. The van der Waals surface area contributed by atoms with Gasteiger partial charge in [-0.3, -0.25) is 4.98 Å². The fourth-order valence-electron chi connectivity index (χ4n) is 1.55. The zero-order chi connectivity index (χ0) is 13.3. The number of benzene rings is 1. The van der Waals surface area contributed by atoms with Gasteiger partial charge in [0.2, 0.25) is 0 Å². The SMILES string of the molecule is O=C(O)c1cccnc1-c1c(F)cc(F)cc1F. The molecule has 1 aromatic carbocycles. The lowest BCUT2D eigenvalue weighted by Gasteiger charge is -2.07. The van der Waals surface area contributed by atoms with E-state index in [0.29, 0.717) is 12.1 Å². The standard InChI is InChI=1S/C12H6F3NO2/c13-6-4-8(14)10(9(15)5-6)11-7(12(17)18)2-1-3-16-11/h1-5H,(H,17,18). The number of pyridine rings is 1. The Morgan fingerprint density at radius 2 is 1.78 bits per heavy atom. The van der Waals surface area contributed by atoms with E-state index in [4.69, 9.17) is 5.11 Å². The molecule has 0 unspecified atom stereocenters. The summed E-state index contributed by atoms with van der Waals surface area (Å²) < 4.78 is 39.8. The third-order valence-electron chi connectivity index (χ3n) is 2.28. The van der Waals surface area contributed by atoms with Crippen molar-refractivity contribution in [3.8, 4) is 11.3 Å². The molecule has 0 spiro atoms. The van der Waals surface area contributed by atoms with Crippen LogP contribution in [0.2, 0.25) is 0 Å². The second kappa shape index (κ2) is 4.48. The van der Waals surface area contributed by atoms with Gasteiger partial charge in [0.05, 0.1) is 16.8 Å². The highest BCUT2D eigenvalue weighted by atomic mass is 19.1. The maximum Gasteiger partial charge on any atom is 0.337 e. The van der Waals surface area contributed by atoms with Crippen LogP contribution in [0.4, 0.5) is 13.2 Å². The first-order valence-corrected chi connectivity index (χ1v) is 4.84. The molecular weight excluding hydrogens is 247 g/mol. The molecule has 0 aliphatic rings. The van der Waals surface area contributed by atoms with Crippen LogP contribution in [0.25, 0.3) is 11.3 Å². The van der Waals surface area contributed by atoms with Gasteiger partial charge < -0.3 is 5.11 Å². The van der Waals surface area contributed by atoms with Gasteiger partial charge in [-0.25, -0.2) is 18.0 Å². The molecule has 0 fully saturated rings. The Balaban J connectivity index is 2.74. The Bertz CT molecular complexity index is 605. The van der Waals surface area contributed by atoms with Crippen molar-refractivity contribution >= 4 is 5.97 Å². The molecule has 0 saturated heterocycles. The lowest BCUT2D eigenvalue weighted by molar-refractivity contribution is 0.0697. The fourth-order valence-corrected chi connectivity index (χ4v) is 1.55. The summed E-state index contributed by atoms with van der Waals surface area (Å²) >= 11 is 0. The first-order valence-electron chi connectivity index (χ1n) is 4.84. The summed E-state index contributed by atoms with van der Waals surface area (Å²) in [6.45, 7) is 0. The number of rotatable bonds is 2. The maximum atomic E-state index is 13.5. The Morgan fingerprint density at radius 3 is 2.33 bits per heavy atom. The van der Waals surface area contributed by atoms with Crippen molar-refractivity contribution < 1.29 is 23.1 Å². The van der Waals surface area contributed by atoms with Crippen LogP contribution >= 0.6 is 0 Å². The van der Waals surface area contributed by atoms with Gasteiger partial charge in [0.1, 0.15) is 17.5 Å². The molecule has 0 bridgehead atoms. The lowest BCUT2D eigenvalue weighted by atomic mass is 10.0. The molecule has 18 heavy (non-hydrogen) atoms. The second-order valence-electron chi connectivity index (χ2n) is 3.45. The van der Waals surface area contributed by atoms with Gasteiger partial charge >= 0.3 is 5.97 Å². The van der Waals surface area contributed by atoms with E-state index in [1.807, 2.05) is 0 Å². The van der Waals surface area contributed by atoms with E-state index in [1.165, 1.54) is 12.3 Å². The summed E-state index contributed by atoms with van der Waals surface area (Å²) in [4.78, 5) is 14.6. The van der Waals surface area contributed by atoms with E-state index in [1.54, 1.807) is 0 Å². The Labute approximate surface area is 99.5 Å². The number of aromatic nitrogens is 1. The Kier molecular flexibility index (Phi) is 3.01. The second-order valence-corrected chi connectivity index (χ2v) is 3.45. The number of hydrogen-bond donors (Lipinski definition) is 1. The molecule has 3 nitrogen and oxygen atoms in total. The molecule has 0 atom stereocenters. The van der Waals surface area contributed by atoms with Crippen LogP contribution in [0, 0.1) is 17.5 Å². The van der Waals surface area contributed by atoms with Crippen LogP contribution in [0.3, 0.4) is 0 Å². The van der Waals surface area contributed by atoms with Crippen molar-refractivity contribution in [3.05, 3.63) is 53.5 Å². The highest BCUT2D eigenvalue weighted by Gasteiger charge is 2.20. The minimum Gasteiger partial charge on any atom is -0.478 e. The summed E-state index contributed by atoms with van der Waals surface area (Å²) in [5.41, 5.74) is -1.39. The largest absolute Gasteiger partial charge is 0.478 e. The van der Waals surface area contributed by atoms with E-state index >= 15 is 0 Å². The van der Waals surface area contributed by atoms with Gasteiger partial charge in [0.15, 0.2) is 0 Å². The van der Waals surface area contributed by atoms with Crippen molar-refractivity contribution in [2.24, 2.45) is 0 Å². The zero-order valence-corrected chi connectivity index (χ0v) is 8.82. The lowest BCUT2D eigenvalue weighted by Crippen LogP contribution is -2.04. The van der Waals surface area contributed by atoms with Crippen molar-refractivity contribution in [1.82, 2.24) is 4.98 Å². The van der Waals surface area contributed by atoms with Gasteiger partial charge in [-0.15, -0.1) is 0 Å². The number of halogens is 3. The van der Waals surface area contributed by atoms with Crippen molar-refractivity contribution in [2.75, 3.05) is 0 Å². The minimum absolute atomic E-state index is 0.359. The topological polar surface area (TPSA) is 50.2 Å². The van der Waals surface area contributed by atoms with E-state index < -0.39 is 29.0 Å². The van der Waals surface area contributed by atoms with Crippen molar-refractivity contribution in [3.63, 3.8) is 0 Å². The van der Waals surface area contributed by atoms with E-state index in [0.717, 1.165) is 6.07 Å². The highest BCUT2D eigenvalue weighted by molar-refractivity contribution is 5.94. The summed E-state index contributed by atoms with van der Waals surface area (Å²) in [5, 5.41) is 8.90. The molecule has 0 aliphatic heterocycles. The number of carboxylic acid groups (broad SMARTS) is 1. The van der Waals surface area contributed by atoms with Crippen LogP contribution in [0.1, 0.15) is 10.4 Å². The average Bonchev–Trinajstić information content (AvgIpc) is 2.28. The van der Waals surface area contributed by atoms with Gasteiger partial charge in [-0.2, -0.15) is 0 Å². The van der Waals surface area contributed by atoms with Gasteiger partial charge in [-0.05, 0) is 12.1 Å². The summed E-state index contributed by atoms with van der Waals surface area (Å²) in [6.07, 6.45) is 1.20. The number of carbonyl (C=O) groups is 1. The van der Waals surface area contributed by atoms with Gasteiger partial charge in [0.25, 0.3) is 0 Å².